The standard InChI is InChI=1S/C14H25NO5/c1-15(11-8-19-9-12(18-2)14(11)17)13(16)6-5-10-4-3-7-20-10/h10-12,14,17H,3-9H2,1-2H3/t10?,11-,12-,14+/m1/s1. The van der Waals surface area contributed by atoms with E-state index in [0.717, 1.165) is 25.9 Å². The van der Waals surface area contributed by atoms with Gasteiger partial charge in [0.2, 0.25) is 5.91 Å². The zero-order valence-corrected chi connectivity index (χ0v) is 12.3. The fourth-order valence-electron chi connectivity index (χ4n) is 2.82. The van der Waals surface area contributed by atoms with E-state index in [1.54, 1.807) is 19.1 Å². The molecule has 2 aliphatic heterocycles. The highest BCUT2D eigenvalue weighted by molar-refractivity contribution is 5.76. The van der Waals surface area contributed by atoms with Crippen LogP contribution in [-0.2, 0) is 19.0 Å². The Morgan fingerprint density at radius 2 is 2.25 bits per heavy atom. The maximum absolute atomic E-state index is 12.2. The van der Waals surface area contributed by atoms with Crippen LogP contribution >= 0.6 is 0 Å². The first kappa shape index (κ1) is 15.7. The summed E-state index contributed by atoms with van der Waals surface area (Å²) in [5.41, 5.74) is 0. The third-order valence-corrected chi connectivity index (χ3v) is 4.24. The molecule has 6 heteroatoms. The van der Waals surface area contributed by atoms with Crippen LogP contribution in [0.1, 0.15) is 25.7 Å². The minimum absolute atomic E-state index is 0.0184. The summed E-state index contributed by atoms with van der Waals surface area (Å²) in [5, 5.41) is 10.2. The first-order valence-electron chi connectivity index (χ1n) is 7.29. The number of aliphatic hydroxyl groups excluding tert-OH is 1. The lowest BCUT2D eigenvalue weighted by molar-refractivity contribution is -0.158. The molecule has 20 heavy (non-hydrogen) atoms. The van der Waals surface area contributed by atoms with Crippen LogP contribution in [0.3, 0.4) is 0 Å². The number of ether oxygens (including phenoxy) is 3. The van der Waals surface area contributed by atoms with Crippen LogP contribution in [0.25, 0.3) is 0 Å². The van der Waals surface area contributed by atoms with E-state index in [1.807, 2.05) is 0 Å². The van der Waals surface area contributed by atoms with Gasteiger partial charge in [0.1, 0.15) is 12.2 Å². The van der Waals surface area contributed by atoms with Crippen LogP contribution < -0.4 is 0 Å². The predicted molar refractivity (Wildman–Crippen MR) is 72.4 cm³/mol. The topological polar surface area (TPSA) is 68.2 Å². The average molecular weight is 287 g/mol. The molecule has 2 heterocycles. The minimum atomic E-state index is -0.703. The third kappa shape index (κ3) is 3.69. The number of rotatable bonds is 5. The minimum Gasteiger partial charge on any atom is -0.388 e. The number of hydrogen-bond donors (Lipinski definition) is 1. The number of nitrogens with zero attached hydrogens (tertiary/aromatic N) is 1. The van der Waals surface area contributed by atoms with Crippen molar-refractivity contribution >= 4 is 5.91 Å². The lowest BCUT2D eigenvalue weighted by Crippen LogP contribution is -2.56. The van der Waals surface area contributed by atoms with Crippen LogP contribution in [0.4, 0.5) is 0 Å². The Morgan fingerprint density at radius 1 is 1.45 bits per heavy atom. The van der Waals surface area contributed by atoms with Crippen LogP contribution in [0.2, 0.25) is 0 Å². The van der Waals surface area contributed by atoms with Crippen molar-refractivity contribution in [3.63, 3.8) is 0 Å². The van der Waals surface area contributed by atoms with Crippen molar-refractivity contribution in [1.29, 1.82) is 0 Å². The summed E-state index contributed by atoms with van der Waals surface area (Å²) in [6.07, 6.45) is 2.46. The Labute approximate surface area is 120 Å². The summed E-state index contributed by atoms with van der Waals surface area (Å²) in [4.78, 5) is 13.8. The summed E-state index contributed by atoms with van der Waals surface area (Å²) in [5.74, 6) is 0.0184. The van der Waals surface area contributed by atoms with Gasteiger partial charge in [-0.25, -0.2) is 0 Å². The molecule has 0 aromatic rings. The number of likely N-dealkylation sites (N-methyl/N-ethyl adjacent to an activating group) is 1. The molecular formula is C14H25NO5. The first-order valence-corrected chi connectivity index (χ1v) is 7.29. The maximum atomic E-state index is 12.2. The lowest BCUT2D eigenvalue weighted by atomic mass is 10.0. The van der Waals surface area contributed by atoms with Crippen molar-refractivity contribution in [2.75, 3.05) is 34.0 Å². The van der Waals surface area contributed by atoms with Crippen molar-refractivity contribution in [3.8, 4) is 0 Å². The van der Waals surface area contributed by atoms with Gasteiger partial charge < -0.3 is 24.2 Å². The molecule has 1 N–H and O–H groups in total. The lowest BCUT2D eigenvalue weighted by Gasteiger charge is -2.39. The fraction of sp³-hybridized carbons (Fsp3) is 0.929. The number of hydrogen-bond acceptors (Lipinski definition) is 5. The Morgan fingerprint density at radius 3 is 2.90 bits per heavy atom. The smallest absolute Gasteiger partial charge is 0.222 e. The second kappa shape index (κ2) is 7.36. The second-order valence-corrected chi connectivity index (χ2v) is 5.55. The number of methoxy groups -OCH3 is 1. The van der Waals surface area contributed by atoms with Crippen molar-refractivity contribution < 1.29 is 24.1 Å². The van der Waals surface area contributed by atoms with Gasteiger partial charge in [-0.05, 0) is 19.3 Å². The number of carbonyl (C=O) groups is 1. The highest BCUT2D eigenvalue weighted by Crippen LogP contribution is 2.20. The van der Waals surface area contributed by atoms with E-state index in [2.05, 4.69) is 0 Å². The quantitative estimate of drug-likeness (QED) is 0.781. The summed E-state index contributed by atoms with van der Waals surface area (Å²) >= 11 is 0. The molecule has 116 valence electrons. The number of amides is 1. The van der Waals surface area contributed by atoms with Crippen molar-refractivity contribution in [2.24, 2.45) is 0 Å². The molecule has 0 aromatic heterocycles. The number of aliphatic hydroxyl groups is 1. The average Bonchev–Trinajstić information content (AvgIpc) is 2.97. The van der Waals surface area contributed by atoms with Crippen LogP contribution in [0.5, 0.6) is 0 Å². The van der Waals surface area contributed by atoms with Crippen LogP contribution in [0.15, 0.2) is 0 Å². The zero-order valence-electron chi connectivity index (χ0n) is 12.3. The highest BCUT2D eigenvalue weighted by atomic mass is 16.5. The molecule has 0 aromatic carbocycles. The van der Waals surface area contributed by atoms with E-state index >= 15 is 0 Å². The van der Waals surface area contributed by atoms with E-state index in [4.69, 9.17) is 14.2 Å². The number of carbonyl (C=O) groups excluding carboxylic acids is 1. The van der Waals surface area contributed by atoms with E-state index in [1.165, 1.54) is 0 Å². The fourth-order valence-corrected chi connectivity index (χ4v) is 2.82. The Bertz CT molecular complexity index is 319. The molecule has 2 rings (SSSR count). The first-order chi connectivity index (χ1) is 9.63. The second-order valence-electron chi connectivity index (χ2n) is 5.55. The van der Waals surface area contributed by atoms with Crippen LogP contribution in [-0.4, -0.2) is 74.2 Å². The van der Waals surface area contributed by atoms with Gasteiger partial charge in [0.25, 0.3) is 0 Å². The van der Waals surface area contributed by atoms with E-state index in [0.29, 0.717) is 19.6 Å². The molecule has 2 fully saturated rings. The largest absolute Gasteiger partial charge is 0.388 e. The summed E-state index contributed by atoms with van der Waals surface area (Å²) in [7, 11) is 3.26. The van der Waals surface area contributed by atoms with Gasteiger partial charge in [-0.15, -0.1) is 0 Å². The molecule has 1 amide bonds. The molecule has 4 atom stereocenters. The Balaban J connectivity index is 1.82. The zero-order chi connectivity index (χ0) is 14.5. The van der Waals surface area contributed by atoms with Gasteiger partial charge in [0.15, 0.2) is 0 Å². The van der Waals surface area contributed by atoms with Crippen LogP contribution in [0, 0.1) is 0 Å². The third-order valence-electron chi connectivity index (χ3n) is 4.24. The molecule has 0 spiro atoms. The maximum Gasteiger partial charge on any atom is 0.222 e. The summed E-state index contributed by atoms with van der Waals surface area (Å²) in [6, 6.07) is -0.342. The molecule has 0 saturated carbocycles. The van der Waals surface area contributed by atoms with Gasteiger partial charge in [-0.3, -0.25) is 4.79 Å². The van der Waals surface area contributed by atoms with Crippen molar-refractivity contribution in [3.05, 3.63) is 0 Å². The van der Waals surface area contributed by atoms with E-state index in [-0.39, 0.29) is 24.2 Å². The normalized spacial score (nSPS) is 34.1. The van der Waals surface area contributed by atoms with Gasteiger partial charge in [-0.1, -0.05) is 0 Å². The molecular weight excluding hydrogens is 262 g/mol. The van der Waals surface area contributed by atoms with Gasteiger partial charge >= 0.3 is 0 Å². The summed E-state index contributed by atoms with van der Waals surface area (Å²) in [6.45, 7) is 1.52. The Hall–Kier alpha value is -0.690. The van der Waals surface area contributed by atoms with Crippen molar-refractivity contribution in [2.45, 2.75) is 50.0 Å². The van der Waals surface area contributed by atoms with E-state index in [9.17, 15) is 9.90 Å². The molecule has 6 nitrogen and oxygen atoms in total. The van der Waals surface area contributed by atoms with Crippen molar-refractivity contribution in [1.82, 2.24) is 4.90 Å². The molecule has 1 unspecified atom stereocenters. The molecule has 2 saturated heterocycles. The molecule has 0 radical (unpaired) electrons. The van der Waals surface area contributed by atoms with Gasteiger partial charge in [-0.2, -0.15) is 0 Å². The highest BCUT2D eigenvalue weighted by Gasteiger charge is 2.36. The predicted octanol–water partition coefficient (Wildman–Crippen LogP) is 0.179. The van der Waals surface area contributed by atoms with Gasteiger partial charge in [0.05, 0.1) is 25.4 Å². The van der Waals surface area contributed by atoms with Gasteiger partial charge in [0, 0.05) is 27.2 Å². The molecule has 0 bridgehead atoms. The monoisotopic (exact) mass is 287 g/mol. The summed E-state index contributed by atoms with van der Waals surface area (Å²) < 4.78 is 16.1. The molecule has 0 aliphatic carbocycles. The molecule has 2 aliphatic rings. The van der Waals surface area contributed by atoms with E-state index < -0.39 is 6.10 Å². The SMILES string of the molecule is CO[C@@H]1COC[C@@H](N(C)C(=O)CCC2CCCO2)[C@@H]1O. The Kier molecular flexibility index (Phi) is 5.77.